The Bertz CT molecular complexity index is 756. The summed E-state index contributed by atoms with van der Waals surface area (Å²) >= 11 is 1.98. The third-order valence-corrected chi connectivity index (χ3v) is 3.96. The molecule has 90 valence electrons. The number of aromatic nitrogens is 2. The van der Waals surface area contributed by atoms with E-state index in [1.54, 1.807) is 0 Å². The van der Waals surface area contributed by atoms with Crippen LogP contribution < -0.4 is 5.56 Å². The molecule has 3 rings (SSSR count). The summed E-state index contributed by atoms with van der Waals surface area (Å²) in [4.78, 5) is 18.8. The maximum atomic E-state index is 11.7. The molecule has 1 aromatic carbocycles. The zero-order chi connectivity index (χ0) is 12.7. The minimum atomic E-state index is -0.140. The molecule has 5 heteroatoms. The largest absolute Gasteiger partial charge is 0.453 e. The number of nitrogens with zero attached hydrogens (tertiary/aromatic N) is 1. The number of benzene rings is 1. The monoisotopic (exact) mass is 352 g/mol. The molecule has 0 aliphatic heterocycles. The van der Waals surface area contributed by atoms with Crippen LogP contribution in [0.3, 0.4) is 0 Å². The first-order valence-electron chi connectivity index (χ1n) is 5.40. The second-order valence-corrected chi connectivity index (χ2v) is 5.04. The van der Waals surface area contributed by atoms with E-state index in [0.717, 1.165) is 11.0 Å². The van der Waals surface area contributed by atoms with Crippen molar-refractivity contribution in [2.24, 2.45) is 0 Å². The van der Waals surface area contributed by atoms with Crippen molar-refractivity contribution >= 4 is 33.6 Å². The molecule has 2 aromatic heterocycles. The number of hydrogen-bond donors (Lipinski definition) is 1. The molecule has 0 bridgehead atoms. The molecule has 2 heterocycles. The second-order valence-electron chi connectivity index (χ2n) is 3.96. The normalized spacial score (nSPS) is 11.0. The molecule has 0 atom stereocenters. The Balaban J connectivity index is 2.23. The van der Waals surface area contributed by atoms with Crippen molar-refractivity contribution in [1.29, 1.82) is 0 Å². The first kappa shape index (κ1) is 11.5. The van der Waals surface area contributed by atoms with Gasteiger partial charge in [-0.3, -0.25) is 4.79 Å². The van der Waals surface area contributed by atoms with Gasteiger partial charge < -0.3 is 9.40 Å². The maximum absolute atomic E-state index is 11.7. The van der Waals surface area contributed by atoms with Crippen LogP contribution in [0.2, 0.25) is 0 Å². The van der Waals surface area contributed by atoms with Crippen LogP contribution in [-0.2, 0) is 0 Å². The highest BCUT2D eigenvalue weighted by molar-refractivity contribution is 14.1. The molecular formula is C13H9IN2O2. The molecule has 0 unspecified atom stereocenters. The Morgan fingerprint density at radius 2 is 2.11 bits per heavy atom. The van der Waals surface area contributed by atoms with Crippen LogP contribution in [0, 0.1) is 10.5 Å². The number of aryl methyl sites for hydroxylation is 1. The van der Waals surface area contributed by atoms with Gasteiger partial charge in [0.2, 0.25) is 0 Å². The lowest BCUT2D eigenvalue weighted by Gasteiger charge is -1.99. The van der Waals surface area contributed by atoms with Gasteiger partial charge in [-0.05, 0) is 41.6 Å². The fourth-order valence-electron chi connectivity index (χ4n) is 1.79. The Hall–Kier alpha value is -1.63. The summed E-state index contributed by atoms with van der Waals surface area (Å²) < 4.78 is 6.27. The van der Waals surface area contributed by atoms with Gasteiger partial charge in [-0.1, -0.05) is 18.2 Å². The van der Waals surface area contributed by atoms with Crippen molar-refractivity contribution in [3.8, 4) is 11.6 Å². The first-order valence-corrected chi connectivity index (χ1v) is 6.48. The molecule has 0 saturated heterocycles. The Labute approximate surface area is 116 Å². The lowest BCUT2D eigenvalue weighted by Crippen LogP contribution is -2.14. The molecular weight excluding hydrogens is 343 g/mol. The topological polar surface area (TPSA) is 58.9 Å². The molecule has 0 amide bonds. The fraction of sp³-hybridized carbons (Fsp3) is 0.0769. The van der Waals surface area contributed by atoms with Gasteiger partial charge in [-0.2, -0.15) is 0 Å². The smallest absolute Gasteiger partial charge is 0.264 e. The van der Waals surface area contributed by atoms with E-state index in [4.69, 9.17) is 4.42 Å². The summed E-state index contributed by atoms with van der Waals surface area (Å²) in [6.07, 6.45) is 0. The average Bonchev–Trinajstić information content (AvgIpc) is 2.79. The molecule has 0 spiro atoms. The number of nitrogens with one attached hydrogen (secondary N) is 1. The molecule has 3 aromatic rings. The first-order chi connectivity index (χ1) is 8.65. The highest BCUT2D eigenvalue weighted by Gasteiger charge is 2.11. The van der Waals surface area contributed by atoms with E-state index in [-0.39, 0.29) is 5.56 Å². The Morgan fingerprint density at radius 1 is 1.33 bits per heavy atom. The lowest BCUT2D eigenvalue weighted by atomic mass is 10.2. The number of fused-ring (bicyclic) bond motifs is 1. The standard InChI is InChI=1S/C13H9IN2O2/c1-7-11(14)13(17)16-12(15-7)10-6-8-4-2-3-5-9(8)18-10/h2-6H,1H3,(H,15,16,17). The third-order valence-electron chi connectivity index (χ3n) is 2.69. The van der Waals surface area contributed by atoms with Gasteiger partial charge in [0.05, 0.1) is 9.26 Å². The zero-order valence-electron chi connectivity index (χ0n) is 9.53. The molecule has 4 nitrogen and oxygen atoms in total. The van der Waals surface area contributed by atoms with Gasteiger partial charge in [0.15, 0.2) is 11.6 Å². The summed E-state index contributed by atoms with van der Waals surface area (Å²) in [5.74, 6) is 1.04. The fourth-order valence-corrected chi connectivity index (χ4v) is 2.04. The van der Waals surface area contributed by atoms with Crippen molar-refractivity contribution in [3.63, 3.8) is 0 Å². The van der Waals surface area contributed by atoms with E-state index in [1.807, 2.05) is 59.8 Å². The molecule has 1 N–H and O–H groups in total. The summed E-state index contributed by atoms with van der Waals surface area (Å²) in [5, 5.41) is 0.992. The number of furan rings is 1. The number of hydrogen-bond acceptors (Lipinski definition) is 3. The van der Waals surface area contributed by atoms with Crippen LogP contribution in [0.5, 0.6) is 0 Å². The molecule has 0 aliphatic rings. The molecule has 0 aliphatic carbocycles. The highest BCUT2D eigenvalue weighted by atomic mass is 127. The van der Waals surface area contributed by atoms with Gasteiger partial charge >= 0.3 is 0 Å². The van der Waals surface area contributed by atoms with Gasteiger partial charge in [-0.15, -0.1) is 0 Å². The summed E-state index contributed by atoms with van der Waals surface area (Å²) in [5.41, 5.74) is 1.35. The summed E-state index contributed by atoms with van der Waals surface area (Å²) in [6.45, 7) is 1.81. The van der Waals surface area contributed by atoms with E-state index < -0.39 is 0 Å². The van der Waals surface area contributed by atoms with Gasteiger partial charge in [0.1, 0.15) is 5.58 Å². The second kappa shape index (κ2) is 4.24. The van der Waals surface area contributed by atoms with Crippen molar-refractivity contribution in [2.45, 2.75) is 6.92 Å². The van der Waals surface area contributed by atoms with Crippen molar-refractivity contribution < 1.29 is 4.42 Å². The van der Waals surface area contributed by atoms with Gasteiger partial charge in [0, 0.05) is 5.39 Å². The number of rotatable bonds is 1. The minimum absolute atomic E-state index is 0.140. The Morgan fingerprint density at radius 3 is 2.83 bits per heavy atom. The number of halogens is 1. The number of aromatic amines is 1. The summed E-state index contributed by atoms with van der Waals surface area (Å²) in [6, 6.07) is 9.57. The van der Waals surface area contributed by atoms with E-state index in [9.17, 15) is 4.79 Å². The SMILES string of the molecule is Cc1nc(-c2cc3ccccc3o2)[nH]c(=O)c1I. The Kier molecular flexibility index (Phi) is 2.70. The van der Waals surface area contributed by atoms with E-state index >= 15 is 0 Å². The predicted octanol–water partition coefficient (Wildman–Crippen LogP) is 3.10. The number of para-hydroxylation sites is 1. The zero-order valence-corrected chi connectivity index (χ0v) is 11.7. The van der Waals surface area contributed by atoms with Crippen molar-refractivity contribution in [2.75, 3.05) is 0 Å². The maximum Gasteiger partial charge on any atom is 0.264 e. The molecule has 0 radical (unpaired) electrons. The molecule has 18 heavy (non-hydrogen) atoms. The van der Waals surface area contributed by atoms with Crippen molar-refractivity contribution in [1.82, 2.24) is 9.97 Å². The van der Waals surface area contributed by atoms with Crippen LogP contribution in [0.1, 0.15) is 5.69 Å². The number of H-pyrrole nitrogens is 1. The highest BCUT2D eigenvalue weighted by Crippen LogP contribution is 2.25. The molecule has 0 saturated carbocycles. The van der Waals surface area contributed by atoms with Gasteiger partial charge in [0.25, 0.3) is 5.56 Å². The van der Waals surface area contributed by atoms with E-state index in [2.05, 4.69) is 9.97 Å². The van der Waals surface area contributed by atoms with E-state index in [0.29, 0.717) is 20.8 Å². The summed E-state index contributed by atoms with van der Waals surface area (Å²) in [7, 11) is 0. The average molecular weight is 352 g/mol. The quantitative estimate of drug-likeness (QED) is 0.685. The lowest BCUT2D eigenvalue weighted by molar-refractivity contribution is 0.624. The van der Waals surface area contributed by atoms with Crippen LogP contribution in [0.4, 0.5) is 0 Å². The van der Waals surface area contributed by atoms with E-state index in [1.165, 1.54) is 0 Å². The van der Waals surface area contributed by atoms with Crippen LogP contribution in [-0.4, -0.2) is 9.97 Å². The minimum Gasteiger partial charge on any atom is -0.453 e. The predicted molar refractivity (Wildman–Crippen MR) is 77.5 cm³/mol. The van der Waals surface area contributed by atoms with Gasteiger partial charge in [-0.25, -0.2) is 4.98 Å². The third kappa shape index (κ3) is 1.84. The van der Waals surface area contributed by atoms with Crippen LogP contribution >= 0.6 is 22.6 Å². The van der Waals surface area contributed by atoms with Crippen LogP contribution in [0.25, 0.3) is 22.6 Å². The van der Waals surface area contributed by atoms with Crippen molar-refractivity contribution in [3.05, 3.63) is 49.9 Å². The van der Waals surface area contributed by atoms with Crippen LogP contribution in [0.15, 0.2) is 39.5 Å². The molecule has 0 fully saturated rings.